The summed E-state index contributed by atoms with van der Waals surface area (Å²) in [5, 5.41) is 3.87. The molecule has 1 aromatic heterocycles. The number of aromatic nitrogens is 1. The fraction of sp³-hybridized carbons (Fsp3) is 0.600. The van der Waals surface area contributed by atoms with E-state index in [0.29, 0.717) is 55.8 Å². The molecule has 1 unspecified atom stereocenters. The first-order valence-electron chi connectivity index (χ1n) is 17.3. The molecule has 2 saturated carbocycles. The zero-order chi connectivity index (χ0) is 33.6. The second-order valence-corrected chi connectivity index (χ2v) is 16.1. The van der Waals surface area contributed by atoms with Gasteiger partial charge in [0.05, 0.1) is 11.8 Å². The molecule has 4 heterocycles. The van der Waals surface area contributed by atoms with Crippen LogP contribution in [0.2, 0.25) is 0 Å². The smallest absolute Gasteiger partial charge is 0.259 e. The van der Waals surface area contributed by atoms with E-state index >= 15 is 0 Å². The van der Waals surface area contributed by atoms with E-state index in [9.17, 15) is 22.8 Å². The zero-order valence-electron chi connectivity index (χ0n) is 27.5. The number of pyridine rings is 1. The van der Waals surface area contributed by atoms with Gasteiger partial charge in [0.2, 0.25) is 27.7 Å². The normalized spacial score (nSPS) is 31.5. The summed E-state index contributed by atoms with van der Waals surface area (Å²) >= 11 is 0. The van der Waals surface area contributed by atoms with Gasteiger partial charge >= 0.3 is 0 Å². The molecule has 2 aromatic rings. The van der Waals surface area contributed by atoms with Gasteiger partial charge in [0, 0.05) is 35.7 Å². The minimum Gasteiger partial charge on any atom is -0.486 e. The molecule has 1 saturated heterocycles. The lowest BCUT2D eigenvalue weighted by atomic mass is 9.88. The molecule has 1 aromatic carbocycles. The lowest BCUT2D eigenvalue weighted by molar-refractivity contribution is -0.140. The number of amides is 3. The van der Waals surface area contributed by atoms with Crippen LogP contribution in [0.1, 0.15) is 71.6 Å². The summed E-state index contributed by atoms with van der Waals surface area (Å²) in [6, 6.07) is 4.62. The molecule has 3 amide bonds. The Morgan fingerprint density at radius 3 is 2.73 bits per heavy atom. The van der Waals surface area contributed by atoms with Gasteiger partial charge in [-0.3, -0.25) is 19.1 Å². The largest absolute Gasteiger partial charge is 0.486 e. The maximum Gasteiger partial charge on any atom is 0.259 e. The molecule has 3 aliphatic heterocycles. The zero-order valence-corrected chi connectivity index (χ0v) is 28.3. The number of rotatable bonds is 6. The molecule has 0 bridgehead atoms. The first-order chi connectivity index (χ1) is 23.1. The van der Waals surface area contributed by atoms with Crippen molar-refractivity contribution in [1.29, 1.82) is 0 Å². The molecule has 0 spiro atoms. The highest BCUT2D eigenvalue weighted by Gasteiger charge is 2.62. The summed E-state index contributed by atoms with van der Waals surface area (Å²) < 4.78 is 45.8. The standard InChI is InChI=1S/C35H44N4O8S/c1-3-22-16-21(2)6-4-5-7-23-19-35(23,34(42)38-48(43,44)25-8-9-25)37-32(41)28-18-24(20-39(28)30(40)17-22)47-33-27-10-11-29-31(46-15-14-45-29)26(27)12-13-36-33/h5,7,10-13,21-25,28H,3-4,6,8-9,14-20H2,1-2H3,(H,37,41)(H,38,42)/b7-5-/t21-,22-,23?,24-,28+,35-/m1/s1. The van der Waals surface area contributed by atoms with E-state index in [-0.39, 0.29) is 37.1 Å². The highest BCUT2D eigenvalue weighted by molar-refractivity contribution is 7.91. The summed E-state index contributed by atoms with van der Waals surface area (Å²) in [5.74, 6) is 0.475. The SMILES string of the molecule is CC[C@H]1CC(=O)N2C[C@H](Oc3nccc4c5c(ccc34)OCCO5)C[C@H]2C(=O)N[C@]2(C(=O)NS(=O)(=O)C3CC3)CC2/C=C\CC[C@@H](C)C1. The van der Waals surface area contributed by atoms with Gasteiger partial charge in [0.1, 0.15) is 30.9 Å². The number of nitrogens with one attached hydrogen (secondary N) is 2. The molecule has 0 radical (unpaired) electrons. The maximum absolute atomic E-state index is 14.2. The van der Waals surface area contributed by atoms with Crippen molar-refractivity contribution in [2.75, 3.05) is 19.8 Å². The van der Waals surface area contributed by atoms with E-state index in [1.54, 1.807) is 11.1 Å². The van der Waals surface area contributed by atoms with Crippen LogP contribution in [0.3, 0.4) is 0 Å². The topological polar surface area (TPSA) is 153 Å². The highest BCUT2D eigenvalue weighted by atomic mass is 32.2. The first kappa shape index (κ1) is 32.7. The van der Waals surface area contributed by atoms with E-state index in [1.807, 2.05) is 30.4 Å². The summed E-state index contributed by atoms with van der Waals surface area (Å²) in [6.45, 7) is 5.35. The molecule has 5 aliphatic rings. The Morgan fingerprint density at radius 1 is 1.12 bits per heavy atom. The number of benzene rings is 1. The molecule has 2 aliphatic carbocycles. The third kappa shape index (κ3) is 6.45. The lowest BCUT2D eigenvalue weighted by Crippen LogP contribution is -2.56. The van der Waals surface area contributed by atoms with E-state index in [0.717, 1.165) is 36.5 Å². The third-order valence-corrected chi connectivity index (χ3v) is 12.3. The van der Waals surface area contributed by atoms with Crippen LogP contribution in [-0.2, 0) is 24.4 Å². The van der Waals surface area contributed by atoms with Crippen LogP contribution in [0.25, 0.3) is 10.8 Å². The summed E-state index contributed by atoms with van der Waals surface area (Å²) in [6.07, 6.45) is 10.3. The van der Waals surface area contributed by atoms with E-state index in [4.69, 9.17) is 14.2 Å². The Labute approximate surface area is 281 Å². The molecule has 6 atom stereocenters. The summed E-state index contributed by atoms with van der Waals surface area (Å²) in [7, 11) is -3.82. The molecule has 258 valence electrons. The molecule has 2 N–H and O–H groups in total. The molecular formula is C35H44N4O8S. The summed E-state index contributed by atoms with van der Waals surface area (Å²) in [5.41, 5.74) is -1.40. The Hall–Kier alpha value is -3.87. The number of hydrogen-bond donors (Lipinski definition) is 2. The highest BCUT2D eigenvalue weighted by Crippen LogP contribution is 2.46. The van der Waals surface area contributed by atoms with E-state index < -0.39 is 44.8 Å². The number of carbonyl (C=O) groups is 3. The first-order valence-corrected chi connectivity index (χ1v) is 18.8. The van der Waals surface area contributed by atoms with Gasteiger partial charge in [-0.05, 0) is 68.6 Å². The Morgan fingerprint density at radius 2 is 1.94 bits per heavy atom. The number of ether oxygens (including phenoxy) is 3. The molecule has 48 heavy (non-hydrogen) atoms. The van der Waals surface area contributed by atoms with Crippen LogP contribution in [-0.4, -0.2) is 78.7 Å². The van der Waals surface area contributed by atoms with Crippen LogP contribution >= 0.6 is 0 Å². The number of nitrogens with zero attached hydrogens (tertiary/aromatic N) is 2. The van der Waals surface area contributed by atoms with Gasteiger partial charge < -0.3 is 24.4 Å². The Balaban J connectivity index is 1.17. The second-order valence-electron chi connectivity index (χ2n) is 14.1. The van der Waals surface area contributed by atoms with Crippen LogP contribution in [0.15, 0.2) is 36.5 Å². The van der Waals surface area contributed by atoms with Gasteiger partial charge in [-0.2, -0.15) is 0 Å². The lowest BCUT2D eigenvalue weighted by Gasteiger charge is -2.28. The van der Waals surface area contributed by atoms with Crippen molar-refractivity contribution >= 4 is 38.5 Å². The average molecular weight is 681 g/mol. The fourth-order valence-electron chi connectivity index (χ4n) is 7.45. The average Bonchev–Trinajstić information content (AvgIpc) is 3.99. The van der Waals surface area contributed by atoms with E-state index in [1.165, 1.54) is 0 Å². The van der Waals surface area contributed by atoms with Crippen molar-refractivity contribution in [2.45, 2.75) is 94.6 Å². The van der Waals surface area contributed by atoms with Crippen molar-refractivity contribution in [1.82, 2.24) is 19.9 Å². The molecule has 7 rings (SSSR count). The molecule has 12 nitrogen and oxygen atoms in total. The van der Waals surface area contributed by atoms with Crippen LogP contribution in [0.5, 0.6) is 17.4 Å². The minimum atomic E-state index is -3.82. The number of allylic oxidation sites excluding steroid dienone is 1. The van der Waals surface area contributed by atoms with Gasteiger partial charge in [0.25, 0.3) is 5.91 Å². The molecule has 13 heteroatoms. The number of fused-ring (bicyclic) bond motifs is 5. The number of sulfonamides is 1. The van der Waals surface area contributed by atoms with Crippen molar-refractivity contribution < 1.29 is 37.0 Å². The Kier molecular flexibility index (Phi) is 8.76. The van der Waals surface area contributed by atoms with Gasteiger partial charge in [-0.25, -0.2) is 13.4 Å². The van der Waals surface area contributed by atoms with Crippen molar-refractivity contribution in [3.63, 3.8) is 0 Å². The number of carbonyl (C=O) groups excluding carboxylic acids is 3. The summed E-state index contributed by atoms with van der Waals surface area (Å²) in [4.78, 5) is 47.8. The van der Waals surface area contributed by atoms with Crippen molar-refractivity contribution in [3.8, 4) is 17.4 Å². The van der Waals surface area contributed by atoms with Crippen LogP contribution < -0.4 is 24.2 Å². The van der Waals surface area contributed by atoms with Crippen LogP contribution in [0.4, 0.5) is 0 Å². The maximum atomic E-state index is 14.2. The van der Waals surface area contributed by atoms with Crippen molar-refractivity contribution in [3.05, 3.63) is 36.5 Å². The fourth-order valence-corrected chi connectivity index (χ4v) is 8.81. The Bertz CT molecular complexity index is 1740. The number of hydrogen-bond acceptors (Lipinski definition) is 9. The predicted octanol–water partition coefficient (Wildman–Crippen LogP) is 3.63. The van der Waals surface area contributed by atoms with Crippen LogP contribution in [0, 0.1) is 17.8 Å². The van der Waals surface area contributed by atoms with E-state index in [2.05, 4.69) is 28.9 Å². The predicted molar refractivity (Wildman–Crippen MR) is 177 cm³/mol. The van der Waals surface area contributed by atoms with Gasteiger partial charge in [-0.15, -0.1) is 0 Å². The molecule has 3 fully saturated rings. The third-order valence-electron chi connectivity index (χ3n) is 10.5. The second kappa shape index (κ2) is 12.9. The quantitative estimate of drug-likeness (QED) is 0.436. The van der Waals surface area contributed by atoms with Gasteiger partial charge in [-0.1, -0.05) is 32.4 Å². The van der Waals surface area contributed by atoms with Crippen molar-refractivity contribution in [2.24, 2.45) is 17.8 Å². The van der Waals surface area contributed by atoms with Gasteiger partial charge in [0.15, 0.2) is 11.5 Å². The molecular weight excluding hydrogens is 636 g/mol. The monoisotopic (exact) mass is 680 g/mol. The minimum absolute atomic E-state index is 0.138.